The predicted molar refractivity (Wildman–Crippen MR) is 70.9 cm³/mol. The molecule has 0 spiro atoms. The Kier molecular flexibility index (Phi) is 11.6. The van der Waals surface area contributed by atoms with Crippen LogP contribution in [0.4, 0.5) is 0 Å². The summed E-state index contributed by atoms with van der Waals surface area (Å²) in [6.45, 7) is 5.80. The molecule has 0 saturated heterocycles. The summed E-state index contributed by atoms with van der Waals surface area (Å²) in [6.07, 6.45) is 23.2. The Morgan fingerprint density at radius 3 is 1.87 bits per heavy atom. The van der Waals surface area contributed by atoms with Gasteiger partial charge in [0.05, 0.1) is 0 Å². The zero-order valence-corrected chi connectivity index (χ0v) is 9.73. The zero-order chi connectivity index (χ0) is 11.2. The maximum atomic E-state index is 3.66. The molecule has 0 aromatic rings. The first-order valence-electron chi connectivity index (χ1n) is 5.64. The molecule has 15 heavy (non-hydrogen) atoms. The second-order valence-corrected chi connectivity index (χ2v) is 3.20. The van der Waals surface area contributed by atoms with Crippen molar-refractivity contribution in [1.82, 2.24) is 0 Å². The maximum absolute atomic E-state index is 3.66. The van der Waals surface area contributed by atoms with Crippen LogP contribution in [0.3, 0.4) is 0 Å². The van der Waals surface area contributed by atoms with E-state index in [1.54, 1.807) is 0 Å². The zero-order valence-electron chi connectivity index (χ0n) is 9.73. The van der Waals surface area contributed by atoms with Gasteiger partial charge in [0.2, 0.25) is 0 Å². The smallest absolute Gasteiger partial charge is 0.0166 e. The summed E-state index contributed by atoms with van der Waals surface area (Å²) in [7, 11) is 0. The fourth-order valence-electron chi connectivity index (χ4n) is 1.01. The maximum Gasteiger partial charge on any atom is -0.0166 e. The molecule has 0 aliphatic carbocycles. The van der Waals surface area contributed by atoms with Crippen molar-refractivity contribution < 1.29 is 0 Å². The highest BCUT2D eigenvalue weighted by molar-refractivity contribution is 5.05. The summed E-state index contributed by atoms with van der Waals surface area (Å²) < 4.78 is 0. The van der Waals surface area contributed by atoms with Crippen LogP contribution in [0, 0.1) is 0 Å². The van der Waals surface area contributed by atoms with Crippen LogP contribution in [0.2, 0.25) is 0 Å². The first-order chi connectivity index (χ1) is 7.41. The number of allylic oxidation sites excluding steroid dienone is 9. The summed E-state index contributed by atoms with van der Waals surface area (Å²) in [5.41, 5.74) is 0. The van der Waals surface area contributed by atoms with E-state index < -0.39 is 0 Å². The van der Waals surface area contributed by atoms with E-state index in [1.807, 2.05) is 6.08 Å². The molecule has 0 radical (unpaired) electrons. The fraction of sp³-hybridized carbons (Fsp3) is 0.333. The van der Waals surface area contributed by atoms with Gasteiger partial charge in [-0.05, 0) is 25.7 Å². The highest BCUT2D eigenvalue weighted by atomic mass is 13.8. The molecule has 0 nitrogen and oxygen atoms in total. The SMILES string of the molecule is C=CCC=CCC=CCC=CC=CCC. The van der Waals surface area contributed by atoms with E-state index in [2.05, 4.69) is 62.1 Å². The third-order valence-corrected chi connectivity index (χ3v) is 1.80. The topological polar surface area (TPSA) is 0 Å². The fourth-order valence-corrected chi connectivity index (χ4v) is 1.01. The summed E-state index contributed by atoms with van der Waals surface area (Å²) in [5, 5.41) is 0. The van der Waals surface area contributed by atoms with Gasteiger partial charge in [-0.25, -0.2) is 0 Å². The molecule has 0 rings (SSSR count). The van der Waals surface area contributed by atoms with Crippen LogP contribution in [-0.4, -0.2) is 0 Å². The molecule has 0 unspecified atom stereocenters. The second kappa shape index (κ2) is 12.7. The van der Waals surface area contributed by atoms with Crippen molar-refractivity contribution in [3.05, 3.63) is 61.3 Å². The van der Waals surface area contributed by atoms with Gasteiger partial charge in [-0.15, -0.1) is 6.58 Å². The first kappa shape index (κ1) is 13.7. The molecule has 0 N–H and O–H groups in total. The Labute approximate surface area is 94.4 Å². The van der Waals surface area contributed by atoms with Crippen LogP contribution in [0.1, 0.15) is 32.6 Å². The van der Waals surface area contributed by atoms with E-state index in [9.17, 15) is 0 Å². The lowest BCUT2D eigenvalue weighted by atomic mass is 10.2. The lowest BCUT2D eigenvalue weighted by Gasteiger charge is -1.83. The van der Waals surface area contributed by atoms with E-state index in [0.29, 0.717) is 0 Å². The molecule has 0 aromatic heterocycles. The molecular weight excluding hydrogens is 180 g/mol. The Morgan fingerprint density at radius 1 is 0.733 bits per heavy atom. The molecular formula is C15H22. The molecule has 0 atom stereocenters. The number of hydrogen-bond acceptors (Lipinski definition) is 0. The molecule has 0 heterocycles. The summed E-state index contributed by atoms with van der Waals surface area (Å²) >= 11 is 0. The van der Waals surface area contributed by atoms with Crippen LogP contribution in [-0.2, 0) is 0 Å². The van der Waals surface area contributed by atoms with E-state index in [1.165, 1.54) is 0 Å². The van der Waals surface area contributed by atoms with Crippen LogP contribution in [0.25, 0.3) is 0 Å². The second-order valence-electron chi connectivity index (χ2n) is 3.20. The minimum atomic E-state index is 0.968. The lowest BCUT2D eigenvalue weighted by Crippen LogP contribution is -1.62. The molecule has 0 bridgehead atoms. The summed E-state index contributed by atoms with van der Waals surface area (Å²) in [5.74, 6) is 0. The largest absolute Gasteiger partial charge is 0.103 e. The van der Waals surface area contributed by atoms with Crippen molar-refractivity contribution in [2.45, 2.75) is 32.6 Å². The highest BCUT2D eigenvalue weighted by Gasteiger charge is 1.72. The van der Waals surface area contributed by atoms with Crippen LogP contribution in [0.15, 0.2) is 61.3 Å². The molecule has 0 fully saturated rings. The Morgan fingerprint density at radius 2 is 1.27 bits per heavy atom. The molecule has 0 aliphatic heterocycles. The minimum Gasteiger partial charge on any atom is -0.103 e. The molecule has 0 saturated carbocycles. The van der Waals surface area contributed by atoms with Gasteiger partial charge in [-0.2, -0.15) is 0 Å². The van der Waals surface area contributed by atoms with Gasteiger partial charge in [0.25, 0.3) is 0 Å². The predicted octanol–water partition coefficient (Wildman–Crippen LogP) is 4.98. The van der Waals surface area contributed by atoms with Crippen molar-refractivity contribution >= 4 is 0 Å². The van der Waals surface area contributed by atoms with E-state index >= 15 is 0 Å². The van der Waals surface area contributed by atoms with Crippen molar-refractivity contribution in [2.75, 3.05) is 0 Å². The van der Waals surface area contributed by atoms with Crippen molar-refractivity contribution in [1.29, 1.82) is 0 Å². The van der Waals surface area contributed by atoms with Crippen LogP contribution in [0.5, 0.6) is 0 Å². The molecule has 0 aliphatic rings. The molecule has 0 heteroatoms. The molecule has 0 amide bonds. The van der Waals surface area contributed by atoms with Crippen molar-refractivity contribution in [3.63, 3.8) is 0 Å². The first-order valence-corrected chi connectivity index (χ1v) is 5.64. The Balaban J connectivity index is 3.42. The number of rotatable bonds is 8. The van der Waals surface area contributed by atoms with Gasteiger partial charge in [0.15, 0.2) is 0 Å². The van der Waals surface area contributed by atoms with Gasteiger partial charge in [0.1, 0.15) is 0 Å². The average molecular weight is 202 g/mol. The Bertz CT molecular complexity index is 239. The van der Waals surface area contributed by atoms with Gasteiger partial charge in [-0.1, -0.05) is 61.6 Å². The van der Waals surface area contributed by atoms with Gasteiger partial charge >= 0.3 is 0 Å². The third kappa shape index (κ3) is 12.7. The normalized spacial score (nSPS) is 12.6. The molecule has 0 aromatic carbocycles. The quantitative estimate of drug-likeness (QED) is 0.385. The van der Waals surface area contributed by atoms with Gasteiger partial charge in [0, 0.05) is 0 Å². The third-order valence-electron chi connectivity index (χ3n) is 1.80. The van der Waals surface area contributed by atoms with Crippen molar-refractivity contribution in [2.24, 2.45) is 0 Å². The number of hydrogen-bond donors (Lipinski definition) is 0. The van der Waals surface area contributed by atoms with E-state index in [0.717, 1.165) is 25.7 Å². The lowest BCUT2D eigenvalue weighted by molar-refractivity contribution is 1.22. The van der Waals surface area contributed by atoms with E-state index in [4.69, 9.17) is 0 Å². The van der Waals surface area contributed by atoms with Crippen LogP contribution >= 0.6 is 0 Å². The van der Waals surface area contributed by atoms with Crippen molar-refractivity contribution in [3.8, 4) is 0 Å². The summed E-state index contributed by atoms with van der Waals surface area (Å²) in [6, 6.07) is 0. The Hall–Kier alpha value is -1.30. The van der Waals surface area contributed by atoms with Gasteiger partial charge < -0.3 is 0 Å². The van der Waals surface area contributed by atoms with E-state index in [-0.39, 0.29) is 0 Å². The average Bonchev–Trinajstić information content (AvgIpc) is 2.26. The standard InChI is InChI=1S/C15H22/c1-3-5-7-9-11-13-15-14-12-10-8-6-4-2/h3,6-10,12-13,15H,1,4-5,11,14H2,2H3. The highest BCUT2D eigenvalue weighted by Crippen LogP contribution is 1.93. The molecule has 82 valence electrons. The van der Waals surface area contributed by atoms with Crippen LogP contribution < -0.4 is 0 Å². The minimum absolute atomic E-state index is 0.968. The summed E-state index contributed by atoms with van der Waals surface area (Å²) in [4.78, 5) is 0. The monoisotopic (exact) mass is 202 g/mol. The van der Waals surface area contributed by atoms with Gasteiger partial charge in [-0.3, -0.25) is 0 Å².